The van der Waals surface area contributed by atoms with E-state index in [0.717, 1.165) is 30.5 Å². The summed E-state index contributed by atoms with van der Waals surface area (Å²) < 4.78 is 5.39. The fraction of sp³-hybridized carbons (Fsp3) is 0.357. The molecule has 3 rings (SSSR count). The molecule has 1 amide bonds. The third kappa shape index (κ3) is 1.88. The van der Waals surface area contributed by atoms with Gasteiger partial charge in [0.2, 0.25) is 0 Å². The molecule has 1 aromatic carbocycles. The van der Waals surface area contributed by atoms with Gasteiger partial charge in [-0.2, -0.15) is 0 Å². The van der Waals surface area contributed by atoms with Gasteiger partial charge in [-0.05, 0) is 26.0 Å². The van der Waals surface area contributed by atoms with Crippen molar-refractivity contribution in [1.29, 1.82) is 0 Å². The predicted octanol–water partition coefficient (Wildman–Crippen LogP) is 1.91. The zero-order valence-electron chi connectivity index (χ0n) is 10.3. The molecule has 2 N–H and O–H groups in total. The molecule has 1 saturated heterocycles. The Balaban J connectivity index is 1.88. The lowest BCUT2D eigenvalue weighted by Gasteiger charge is -2.24. The molecular formula is C14H16N2O2. The van der Waals surface area contributed by atoms with Crippen LogP contribution in [0.25, 0.3) is 11.0 Å². The van der Waals surface area contributed by atoms with E-state index in [-0.39, 0.29) is 11.4 Å². The average molecular weight is 244 g/mol. The number of fused-ring (bicyclic) bond motifs is 1. The lowest BCUT2D eigenvalue weighted by molar-refractivity contribution is 0.0914. The first-order valence-electron chi connectivity index (χ1n) is 6.17. The molecule has 2 aromatic rings. The summed E-state index contributed by atoms with van der Waals surface area (Å²) in [6, 6.07) is 7.58. The van der Waals surface area contributed by atoms with Crippen molar-refractivity contribution in [3.8, 4) is 0 Å². The Bertz CT molecular complexity index is 582. The maximum Gasteiger partial charge on any atom is 0.255 e. The Morgan fingerprint density at radius 2 is 2.28 bits per heavy atom. The third-order valence-corrected chi connectivity index (χ3v) is 3.51. The molecule has 18 heavy (non-hydrogen) atoms. The second kappa shape index (κ2) is 4.14. The summed E-state index contributed by atoms with van der Waals surface area (Å²) in [5.74, 6) is -0.0637. The summed E-state index contributed by atoms with van der Waals surface area (Å²) in [6.07, 6.45) is 2.49. The lowest BCUT2D eigenvalue weighted by Crippen LogP contribution is -2.47. The van der Waals surface area contributed by atoms with E-state index in [0.29, 0.717) is 5.56 Å². The predicted molar refractivity (Wildman–Crippen MR) is 69.6 cm³/mol. The largest absolute Gasteiger partial charge is 0.463 e. The van der Waals surface area contributed by atoms with Gasteiger partial charge in [-0.3, -0.25) is 4.79 Å². The summed E-state index contributed by atoms with van der Waals surface area (Å²) in [4.78, 5) is 12.3. The second-order valence-electron chi connectivity index (χ2n) is 5.09. The molecule has 1 fully saturated rings. The van der Waals surface area contributed by atoms with E-state index < -0.39 is 0 Å². The number of benzene rings is 1. The number of nitrogens with one attached hydrogen (secondary N) is 2. The minimum Gasteiger partial charge on any atom is -0.463 e. The number of amides is 1. The van der Waals surface area contributed by atoms with Crippen LogP contribution in [0.2, 0.25) is 0 Å². The maximum absolute atomic E-state index is 12.3. The van der Waals surface area contributed by atoms with Crippen LogP contribution in [0.15, 0.2) is 34.9 Å². The fourth-order valence-corrected chi connectivity index (χ4v) is 2.42. The van der Waals surface area contributed by atoms with Crippen LogP contribution in [0.3, 0.4) is 0 Å². The highest BCUT2D eigenvalue weighted by molar-refractivity contribution is 6.06. The van der Waals surface area contributed by atoms with E-state index in [1.807, 2.05) is 24.3 Å². The molecule has 4 nitrogen and oxygen atoms in total. The van der Waals surface area contributed by atoms with E-state index in [9.17, 15) is 4.79 Å². The summed E-state index contributed by atoms with van der Waals surface area (Å²) in [7, 11) is 0. The van der Waals surface area contributed by atoms with E-state index >= 15 is 0 Å². The monoisotopic (exact) mass is 244 g/mol. The molecule has 4 heteroatoms. The number of para-hydroxylation sites is 1. The molecular weight excluding hydrogens is 228 g/mol. The molecule has 2 heterocycles. The molecule has 1 aromatic heterocycles. The van der Waals surface area contributed by atoms with Gasteiger partial charge in [-0.1, -0.05) is 18.2 Å². The first-order chi connectivity index (χ1) is 8.68. The van der Waals surface area contributed by atoms with E-state index in [4.69, 9.17) is 4.42 Å². The Kier molecular flexibility index (Phi) is 2.59. The van der Waals surface area contributed by atoms with Gasteiger partial charge in [0.05, 0.1) is 11.1 Å². The van der Waals surface area contributed by atoms with Crippen LogP contribution in [0, 0.1) is 0 Å². The average Bonchev–Trinajstić information content (AvgIpc) is 2.95. The van der Waals surface area contributed by atoms with Crippen molar-refractivity contribution in [2.24, 2.45) is 0 Å². The molecule has 0 saturated carbocycles. The van der Waals surface area contributed by atoms with Crippen molar-refractivity contribution in [2.75, 3.05) is 13.1 Å². The van der Waals surface area contributed by atoms with Gasteiger partial charge in [0, 0.05) is 11.9 Å². The van der Waals surface area contributed by atoms with Crippen LogP contribution in [-0.4, -0.2) is 24.5 Å². The maximum atomic E-state index is 12.3. The number of furan rings is 1. The zero-order valence-corrected chi connectivity index (χ0v) is 10.3. The van der Waals surface area contributed by atoms with Crippen LogP contribution in [0.4, 0.5) is 0 Å². The lowest BCUT2D eigenvalue weighted by atomic mass is 10.0. The smallest absolute Gasteiger partial charge is 0.255 e. The van der Waals surface area contributed by atoms with Gasteiger partial charge in [-0.25, -0.2) is 0 Å². The third-order valence-electron chi connectivity index (χ3n) is 3.51. The standard InChI is InChI=1S/C14H16N2O2/c1-14(6-7-15-9-14)16-13(17)11-8-18-12-5-3-2-4-10(11)12/h2-5,8,15H,6-7,9H2,1H3,(H,16,17). The molecule has 0 spiro atoms. The van der Waals surface area contributed by atoms with Gasteiger partial charge in [0.1, 0.15) is 11.8 Å². The number of rotatable bonds is 2. The van der Waals surface area contributed by atoms with Crippen LogP contribution in [0.5, 0.6) is 0 Å². The quantitative estimate of drug-likeness (QED) is 0.848. The van der Waals surface area contributed by atoms with Crippen LogP contribution in [0.1, 0.15) is 23.7 Å². The molecule has 0 bridgehead atoms. The summed E-state index contributed by atoms with van der Waals surface area (Å²) in [5.41, 5.74) is 1.20. The van der Waals surface area contributed by atoms with Crippen molar-refractivity contribution in [3.63, 3.8) is 0 Å². The molecule has 94 valence electrons. The SMILES string of the molecule is CC1(NC(=O)c2coc3ccccc23)CCNC1. The zero-order chi connectivity index (χ0) is 12.6. The number of carbonyl (C=O) groups is 1. The Morgan fingerprint density at radius 1 is 1.44 bits per heavy atom. The Labute approximate surface area is 105 Å². The van der Waals surface area contributed by atoms with E-state index in [1.54, 1.807) is 0 Å². The molecule has 1 atom stereocenters. The highest BCUT2D eigenvalue weighted by Crippen LogP contribution is 2.22. The minimum absolute atomic E-state index is 0.0637. The van der Waals surface area contributed by atoms with Crippen molar-refractivity contribution in [1.82, 2.24) is 10.6 Å². The Morgan fingerprint density at radius 3 is 3.06 bits per heavy atom. The number of hydrogen-bond acceptors (Lipinski definition) is 3. The van der Waals surface area contributed by atoms with Gasteiger partial charge < -0.3 is 15.1 Å². The summed E-state index contributed by atoms with van der Waals surface area (Å²) in [5, 5.41) is 7.22. The van der Waals surface area contributed by atoms with Gasteiger partial charge in [0.15, 0.2) is 0 Å². The van der Waals surface area contributed by atoms with Crippen LogP contribution < -0.4 is 10.6 Å². The molecule has 1 aliphatic heterocycles. The molecule has 1 aliphatic rings. The van der Waals surface area contributed by atoms with Crippen LogP contribution in [-0.2, 0) is 0 Å². The molecule has 1 unspecified atom stereocenters. The van der Waals surface area contributed by atoms with E-state index in [1.165, 1.54) is 6.26 Å². The summed E-state index contributed by atoms with van der Waals surface area (Å²) >= 11 is 0. The van der Waals surface area contributed by atoms with Crippen molar-refractivity contribution < 1.29 is 9.21 Å². The van der Waals surface area contributed by atoms with E-state index in [2.05, 4.69) is 17.6 Å². The molecule has 0 aliphatic carbocycles. The van der Waals surface area contributed by atoms with Gasteiger partial charge in [-0.15, -0.1) is 0 Å². The first kappa shape index (κ1) is 11.3. The van der Waals surface area contributed by atoms with Crippen molar-refractivity contribution >= 4 is 16.9 Å². The van der Waals surface area contributed by atoms with Crippen molar-refractivity contribution in [3.05, 3.63) is 36.1 Å². The summed E-state index contributed by atoms with van der Waals surface area (Å²) in [6.45, 7) is 3.82. The number of carbonyl (C=O) groups excluding carboxylic acids is 1. The highest BCUT2D eigenvalue weighted by Gasteiger charge is 2.31. The van der Waals surface area contributed by atoms with Crippen LogP contribution >= 0.6 is 0 Å². The first-order valence-corrected chi connectivity index (χ1v) is 6.17. The topological polar surface area (TPSA) is 54.3 Å². The highest BCUT2D eigenvalue weighted by atomic mass is 16.3. The second-order valence-corrected chi connectivity index (χ2v) is 5.09. The number of hydrogen-bond donors (Lipinski definition) is 2. The molecule has 0 radical (unpaired) electrons. The van der Waals surface area contributed by atoms with Crippen molar-refractivity contribution in [2.45, 2.75) is 18.9 Å². The normalized spacial score (nSPS) is 23.4. The Hall–Kier alpha value is -1.81. The van der Waals surface area contributed by atoms with Gasteiger partial charge in [0.25, 0.3) is 5.91 Å². The van der Waals surface area contributed by atoms with Gasteiger partial charge >= 0.3 is 0 Å². The fourth-order valence-electron chi connectivity index (χ4n) is 2.42. The minimum atomic E-state index is -0.157.